The third-order valence-corrected chi connectivity index (χ3v) is 11.3. The third-order valence-electron chi connectivity index (χ3n) is 6.95. The Morgan fingerprint density at radius 2 is 1.29 bits per heavy atom. The molecule has 1 unspecified atom stereocenters. The normalized spacial score (nSPS) is 14.1. The molecule has 4 aromatic rings. The number of anilines is 2. The number of hydrogen-bond donors (Lipinski definition) is 2. The van der Waals surface area contributed by atoms with E-state index >= 15 is 0 Å². The van der Waals surface area contributed by atoms with Crippen LogP contribution in [0.3, 0.4) is 0 Å². The van der Waals surface area contributed by atoms with Crippen molar-refractivity contribution in [3.63, 3.8) is 0 Å². The molecule has 0 spiro atoms. The van der Waals surface area contributed by atoms with E-state index in [1.807, 2.05) is 0 Å². The summed E-state index contributed by atoms with van der Waals surface area (Å²) >= 11 is 0. The lowest BCUT2D eigenvalue weighted by molar-refractivity contribution is 0.869. The van der Waals surface area contributed by atoms with Crippen LogP contribution in [0.2, 0.25) is 25.0 Å². The number of rotatable bonds is 6. The van der Waals surface area contributed by atoms with Gasteiger partial charge in [-0.15, -0.1) is 0 Å². The molecule has 0 saturated heterocycles. The largest absolute Gasteiger partial charge is 0.409 e. The van der Waals surface area contributed by atoms with Gasteiger partial charge in [-0.25, -0.2) is 0 Å². The van der Waals surface area contributed by atoms with Gasteiger partial charge in [0.25, 0.3) is 0 Å². The number of hydrogen-bond acceptors (Lipinski definition) is 2. The molecule has 4 heteroatoms. The van der Waals surface area contributed by atoms with E-state index in [0.29, 0.717) is 5.54 Å². The van der Waals surface area contributed by atoms with Crippen molar-refractivity contribution in [1.82, 2.24) is 0 Å². The summed E-state index contributed by atoms with van der Waals surface area (Å²) in [6.07, 6.45) is 2.20. The molecule has 2 nitrogen and oxygen atoms in total. The molecule has 4 aromatic carbocycles. The predicted molar refractivity (Wildman–Crippen MR) is 139 cm³/mol. The van der Waals surface area contributed by atoms with Crippen molar-refractivity contribution in [1.29, 1.82) is 0 Å². The van der Waals surface area contributed by atoms with Crippen LogP contribution in [0.4, 0.5) is 11.4 Å². The molecule has 1 aliphatic heterocycles. The van der Waals surface area contributed by atoms with Gasteiger partial charge in [0.15, 0.2) is 0 Å². The maximum Gasteiger partial charge on any atom is 0.370 e. The first-order valence-electron chi connectivity index (χ1n) is 11.3. The zero-order valence-corrected chi connectivity index (χ0v) is 19.3. The maximum absolute atomic E-state index is 3.81. The van der Waals surface area contributed by atoms with Gasteiger partial charge in [-0.2, -0.15) is 0 Å². The first kappa shape index (κ1) is 20.0. The van der Waals surface area contributed by atoms with Crippen LogP contribution in [0.1, 0.15) is 5.56 Å². The Bertz CT molecular complexity index is 1140. The predicted octanol–water partition coefficient (Wildman–Crippen LogP) is 6.39. The Morgan fingerprint density at radius 3 is 1.90 bits per heavy atom. The third kappa shape index (κ3) is 4.00. The molecule has 0 radical (unpaired) electrons. The topological polar surface area (TPSA) is 24.1 Å². The van der Waals surface area contributed by atoms with Crippen LogP contribution >= 0.6 is 0 Å². The Balaban J connectivity index is 1.46. The molecule has 0 saturated carbocycles. The van der Waals surface area contributed by atoms with Crippen molar-refractivity contribution in [2.24, 2.45) is 0 Å². The van der Waals surface area contributed by atoms with Crippen molar-refractivity contribution in [3.05, 3.63) is 103 Å². The molecular formula is C27H29BN2Si. The van der Waals surface area contributed by atoms with Crippen molar-refractivity contribution < 1.29 is 0 Å². The zero-order valence-electron chi connectivity index (χ0n) is 18.3. The van der Waals surface area contributed by atoms with Crippen LogP contribution < -0.4 is 15.6 Å². The van der Waals surface area contributed by atoms with E-state index in [9.17, 15) is 0 Å². The molecule has 0 bridgehead atoms. The molecule has 1 heterocycles. The molecule has 1 aliphatic rings. The second kappa shape index (κ2) is 8.28. The van der Waals surface area contributed by atoms with Gasteiger partial charge in [0.2, 0.25) is 0 Å². The van der Waals surface area contributed by atoms with Crippen LogP contribution in [-0.4, -0.2) is 15.1 Å². The minimum absolute atomic E-state index is 0.227. The molecule has 0 fully saturated rings. The Morgan fingerprint density at radius 1 is 0.710 bits per heavy atom. The van der Waals surface area contributed by atoms with E-state index in [-0.39, 0.29) is 6.98 Å². The van der Waals surface area contributed by atoms with Gasteiger partial charge in [0.05, 0.1) is 8.07 Å². The lowest BCUT2D eigenvalue weighted by atomic mass is 9.68. The number of nitrogens with one attached hydrogen (secondary N) is 2. The minimum atomic E-state index is -1.71. The highest BCUT2D eigenvalue weighted by atomic mass is 28.3. The summed E-state index contributed by atoms with van der Waals surface area (Å²) in [7, 11) is -1.71. The van der Waals surface area contributed by atoms with Crippen molar-refractivity contribution in [2.75, 3.05) is 10.5 Å². The van der Waals surface area contributed by atoms with Crippen LogP contribution in [0, 0.1) is 0 Å². The second-order valence-corrected chi connectivity index (χ2v) is 14.1. The first-order valence-corrected chi connectivity index (χ1v) is 14.3. The summed E-state index contributed by atoms with van der Waals surface area (Å²) in [6.45, 7) is 5.30. The molecular weight excluding hydrogens is 391 g/mol. The molecule has 0 aliphatic carbocycles. The van der Waals surface area contributed by atoms with Gasteiger partial charge in [-0.3, -0.25) is 0 Å². The average Bonchev–Trinajstić information content (AvgIpc) is 2.80. The lowest BCUT2D eigenvalue weighted by Crippen LogP contribution is -2.50. The highest BCUT2D eigenvalue weighted by Crippen LogP contribution is 2.37. The van der Waals surface area contributed by atoms with Crippen molar-refractivity contribution >= 4 is 42.4 Å². The van der Waals surface area contributed by atoms with E-state index in [2.05, 4.69) is 121 Å². The second-order valence-electron chi connectivity index (χ2n) is 9.26. The summed E-state index contributed by atoms with van der Waals surface area (Å²) in [6, 6.07) is 35.3. The van der Waals surface area contributed by atoms with Gasteiger partial charge in [-0.05, 0) is 41.4 Å². The SMILES string of the molecule is C[Si](C)(c1ccccc1)C(CB1Nc2cccc3cccc(c23)N1)Cc1ccccc1. The summed E-state index contributed by atoms with van der Waals surface area (Å²) < 4.78 is 0. The fraction of sp³-hybridized carbons (Fsp3) is 0.185. The van der Waals surface area contributed by atoms with Crippen LogP contribution in [-0.2, 0) is 6.42 Å². The average molecular weight is 420 g/mol. The van der Waals surface area contributed by atoms with Gasteiger partial charge >= 0.3 is 6.98 Å². The quantitative estimate of drug-likeness (QED) is 0.353. The van der Waals surface area contributed by atoms with Gasteiger partial charge < -0.3 is 10.5 Å². The fourth-order valence-electron chi connectivity index (χ4n) is 5.03. The van der Waals surface area contributed by atoms with E-state index in [1.165, 1.54) is 32.9 Å². The lowest BCUT2D eigenvalue weighted by Gasteiger charge is -2.36. The molecule has 5 rings (SSSR count). The molecule has 2 N–H and O–H groups in total. The highest BCUT2D eigenvalue weighted by Gasteiger charge is 2.37. The van der Waals surface area contributed by atoms with E-state index in [0.717, 1.165) is 12.7 Å². The Hall–Kier alpha value is -2.98. The van der Waals surface area contributed by atoms with Gasteiger partial charge in [0, 0.05) is 16.8 Å². The van der Waals surface area contributed by atoms with Gasteiger partial charge in [0.1, 0.15) is 0 Å². The summed E-state index contributed by atoms with van der Waals surface area (Å²) in [5.41, 5.74) is 4.53. The molecule has 0 amide bonds. The first-order chi connectivity index (χ1) is 15.1. The monoisotopic (exact) mass is 420 g/mol. The van der Waals surface area contributed by atoms with Crippen molar-refractivity contribution in [2.45, 2.75) is 31.4 Å². The van der Waals surface area contributed by atoms with Crippen molar-refractivity contribution in [3.8, 4) is 0 Å². The highest BCUT2D eigenvalue weighted by molar-refractivity contribution is 6.92. The summed E-state index contributed by atoms with van der Waals surface area (Å²) in [4.78, 5) is 0. The fourth-order valence-corrected chi connectivity index (χ4v) is 8.12. The standard InChI is InChI=1S/C27H29BN2Si/c1-31(2,23-15-7-4-8-16-23)24(19-21-11-5-3-6-12-21)20-28-29-25-17-9-13-22-14-10-18-26(30-28)27(22)25/h3-18,24,29-30H,19-20H2,1-2H3. The molecule has 31 heavy (non-hydrogen) atoms. The summed E-state index contributed by atoms with van der Waals surface area (Å²) in [5.74, 6) is 0. The zero-order chi connectivity index (χ0) is 21.3. The smallest absolute Gasteiger partial charge is 0.370 e. The Kier molecular flexibility index (Phi) is 5.33. The molecule has 0 aromatic heterocycles. The van der Waals surface area contributed by atoms with E-state index in [4.69, 9.17) is 0 Å². The van der Waals surface area contributed by atoms with E-state index < -0.39 is 8.07 Å². The van der Waals surface area contributed by atoms with Crippen LogP contribution in [0.25, 0.3) is 10.8 Å². The molecule has 154 valence electrons. The summed E-state index contributed by atoms with van der Waals surface area (Å²) in [5, 5.41) is 11.8. The maximum atomic E-state index is 3.81. The molecule has 1 atom stereocenters. The number of benzene rings is 4. The van der Waals surface area contributed by atoms with Gasteiger partial charge in [-0.1, -0.05) is 103 Å². The van der Waals surface area contributed by atoms with E-state index in [1.54, 1.807) is 0 Å². The van der Waals surface area contributed by atoms with Crippen LogP contribution in [0.15, 0.2) is 97.1 Å². The van der Waals surface area contributed by atoms with Crippen LogP contribution in [0.5, 0.6) is 0 Å². The minimum Gasteiger partial charge on any atom is -0.409 e. The Labute approximate surface area is 186 Å².